The Morgan fingerprint density at radius 3 is 2.67 bits per heavy atom. The molecule has 2 aromatic rings. The van der Waals surface area contributed by atoms with E-state index in [1.165, 1.54) is 18.2 Å². The van der Waals surface area contributed by atoms with E-state index in [0.717, 1.165) is 12.3 Å². The predicted octanol–water partition coefficient (Wildman–Crippen LogP) is 3.79. The van der Waals surface area contributed by atoms with Gasteiger partial charge in [0.05, 0.1) is 21.7 Å². The van der Waals surface area contributed by atoms with Gasteiger partial charge in [-0.1, -0.05) is 23.2 Å². The summed E-state index contributed by atoms with van der Waals surface area (Å²) >= 11 is 11.4. The first kappa shape index (κ1) is 15.0. The number of hydrogen-bond acceptors (Lipinski definition) is 5. The number of aromatic nitrogens is 1. The molecule has 0 amide bonds. The van der Waals surface area contributed by atoms with Crippen LogP contribution in [0.4, 0.5) is 5.69 Å². The summed E-state index contributed by atoms with van der Waals surface area (Å²) in [6.45, 7) is 0. The normalized spacial score (nSPS) is 10.2. The van der Waals surface area contributed by atoms with Gasteiger partial charge in [-0.05, 0) is 6.07 Å². The van der Waals surface area contributed by atoms with Crippen molar-refractivity contribution in [1.82, 2.24) is 4.98 Å². The number of carboxylic acid groups (broad SMARTS) is 1. The summed E-state index contributed by atoms with van der Waals surface area (Å²) in [5.41, 5.74) is -0.556. The number of carbonyl (C=O) groups is 1. The van der Waals surface area contributed by atoms with Crippen LogP contribution in [0.1, 0.15) is 10.4 Å². The van der Waals surface area contributed by atoms with Gasteiger partial charge in [-0.2, -0.15) is 0 Å². The number of benzene rings is 1. The minimum Gasteiger partial charge on any atom is -0.478 e. The highest BCUT2D eigenvalue weighted by Crippen LogP contribution is 2.33. The highest BCUT2D eigenvalue weighted by atomic mass is 35.5. The van der Waals surface area contributed by atoms with Crippen molar-refractivity contribution in [3.63, 3.8) is 0 Å². The number of nitro groups is 1. The Morgan fingerprint density at radius 1 is 1.33 bits per heavy atom. The second kappa shape index (κ2) is 5.94. The third-order valence-corrected chi connectivity index (χ3v) is 2.93. The predicted molar refractivity (Wildman–Crippen MR) is 74.4 cm³/mol. The standard InChI is InChI=1S/C12H6Cl2N2O5/c13-6-1-2-9(16(19)20)10(3-6)21-11-4-7(12(17)18)8(14)5-15-11/h1-5H,(H,17,18). The molecule has 7 nitrogen and oxygen atoms in total. The van der Waals surface area contributed by atoms with E-state index in [1.54, 1.807) is 0 Å². The Morgan fingerprint density at radius 2 is 2.05 bits per heavy atom. The maximum Gasteiger partial charge on any atom is 0.337 e. The van der Waals surface area contributed by atoms with Gasteiger partial charge in [-0.3, -0.25) is 10.1 Å². The summed E-state index contributed by atoms with van der Waals surface area (Å²) < 4.78 is 5.24. The third-order valence-electron chi connectivity index (χ3n) is 2.39. The van der Waals surface area contributed by atoms with E-state index in [9.17, 15) is 14.9 Å². The maximum absolute atomic E-state index is 11.0. The van der Waals surface area contributed by atoms with Gasteiger partial charge in [0.1, 0.15) is 0 Å². The van der Waals surface area contributed by atoms with E-state index in [0.29, 0.717) is 0 Å². The quantitative estimate of drug-likeness (QED) is 0.676. The number of ether oxygens (including phenoxy) is 1. The van der Waals surface area contributed by atoms with Crippen molar-refractivity contribution >= 4 is 34.9 Å². The van der Waals surface area contributed by atoms with Crippen LogP contribution in [0.2, 0.25) is 10.0 Å². The number of carboxylic acids is 1. The molecule has 1 heterocycles. The van der Waals surface area contributed by atoms with Crippen LogP contribution >= 0.6 is 23.2 Å². The van der Waals surface area contributed by atoms with Crippen molar-refractivity contribution in [2.24, 2.45) is 0 Å². The van der Waals surface area contributed by atoms with Crippen LogP contribution in [-0.4, -0.2) is 21.0 Å². The molecule has 0 aliphatic heterocycles. The van der Waals surface area contributed by atoms with Crippen molar-refractivity contribution in [3.05, 3.63) is 56.2 Å². The topological polar surface area (TPSA) is 103 Å². The summed E-state index contributed by atoms with van der Waals surface area (Å²) in [7, 11) is 0. The lowest BCUT2D eigenvalue weighted by Crippen LogP contribution is -2.00. The summed E-state index contributed by atoms with van der Waals surface area (Å²) in [6, 6.07) is 4.81. The first-order valence-electron chi connectivity index (χ1n) is 5.39. The minimum atomic E-state index is -1.27. The second-order valence-corrected chi connectivity index (χ2v) is 4.62. The molecule has 1 aromatic heterocycles. The number of nitro benzene ring substituents is 1. The number of rotatable bonds is 4. The molecular weight excluding hydrogens is 323 g/mol. The zero-order valence-corrected chi connectivity index (χ0v) is 11.6. The number of aromatic carboxylic acids is 1. The number of hydrogen-bond donors (Lipinski definition) is 1. The maximum atomic E-state index is 11.0. The highest BCUT2D eigenvalue weighted by Gasteiger charge is 2.18. The van der Waals surface area contributed by atoms with Crippen molar-refractivity contribution in [2.45, 2.75) is 0 Å². The van der Waals surface area contributed by atoms with E-state index in [-0.39, 0.29) is 32.9 Å². The summed E-state index contributed by atoms with van der Waals surface area (Å²) in [5.74, 6) is -1.58. The summed E-state index contributed by atoms with van der Waals surface area (Å²) in [5, 5.41) is 20.0. The molecule has 1 N–H and O–H groups in total. The van der Waals surface area contributed by atoms with Gasteiger partial charge < -0.3 is 9.84 Å². The lowest BCUT2D eigenvalue weighted by molar-refractivity contribution is -0.385. The minimum absolute atomic E-state index is 0.0737. The van der Waals surface area contributed by atoms with Crippen LogP contribution in [0.15, 0.2) is 30.5 Å². The van der Waals surface area contributed by atoms with E-state index < -0.39 is 10.9 Å². The van der Waals surface area contributed by atoms with E-state index in [2.05, 4.69) is 4.98 Å². The fourth-order valence-electron chi connectivity index (χ4n) is 1.47. The second-order valence-electron chi connectivity index (χ2n) is 3.78. The van der Waals surface area contributed by atoms with Crippen LogP contribution in [0.3, 0.4) is 0 Å². The van der Waals surface area contributed by atoms with Gasteiger partial charge in [-0.25, -0.2) is 9.78 Å². The molecule has 0 aliphatic rings. The van der Waals surface area contributed by atoms with Crippen molar-refractivity contribution in [1.29, 1.82) is 0 Å². The van der Waals surface area contributed by atoms with Gasteiger partial charge in [0.15, 0.2) is 0 Å². The number of pyridine rings is 1. The third kappa shape index (κ3) is 3.39. The number of halogens is 2. The van der Waals surface area contributed by atoms with Crippen molar-refractivity contribution < 1.29 is 19.6 Å². The van der Waals surface area contributed by atoms with Crippen LogP contribution in [-0.2, 0) is 0 Å². The van der Waals surface area contributed by atoms with E-state index in [4.69, 9.17) is 33.0 Å². The Balaban J connectivity index is 2.43. The Bertz CT molecular complexity index is 736. The molecule has 0 unspecified atom stereocenters. The van der Waals surface area contributed by atoms with Crippen LogP contribution < -0.4 is 4.74 Å². The van der Waals surface area contributed by atoms with Crippen LogP contribution in [0.25, 0.3) is 0 Å². The van der Waals surface area contributed by atoms with Crippen molar-refractivity contribution in [2.75, 3.05) is 0 Å². The van der Waals surface area contributed by atoms with E-state index >= 15 is 0 Å². The molecule has 21 heavy (non-hydrogen) atoms. The molecule has 2 rings (SSSR count). The summed E-state index contributed by atoms with van der Waals surface area (Å²) in [4.78, 5) is 25.0. The van der Waals surface area contributed by atoms with Gasteiger partial charge in [0, 0.05) is 23.2 Å². The SMILES string of the molecule is O=C(O)c1cc(Oc2cc(Cl)ccc2[N+](=O)[O-])ncc1Cl. The molecule has 9 heteroatoms. The van der Waals surface area contributed by atoms with Gasteiger partial charge in [0.25, 0.3) is 0 Å². The molecule has 0 aliphatic carbocycles. The lowest BCUT2D eigenvalue weighted by Gasteiger charge is -2.07. The van der Waals surface area contributed by atoms with Gasteiger partial charge in [0.2, 0.25) is 11.6 Å². The monoisotopic (exact) mass is 328 g/mol. The molecule has 0 atom stereocenters. The first-order chi connectivity index (χ1) is 9.88. The van der Waals surface area contributed by atoms with Gasteiger partial charge >= 0.3 is 11.7 Å². The number of nitrogens with zero attached hydrogens (tertiary/aromatic N) is 2. The van der Waals surface area contributed by atoms with Crippen LogP contribution in [0, 0.1) is 10.1 Å². The highest BCUT2D eigenvalue weighted by molar-refractivity contribution is 6.33. The fraction of sp³-hybridized carbons (Fsp3) is 0. The average molecular weight is 329 g/mol. The molecule has 0 saturated carbocycles. The fourth-order valence-corrected chi connectivity index (χ4v) is 1.82. The molecular formula is C12H6Cl2N2O5. The Labute approximate surface area is 127 Å². The summed E-state index contributed by atoms with van der Waals surface area (Å²) in [6.07, 6.45) is 1.08. The molecule has 0 fully saturated rings. The van der Waals surface area contributed by atoms with Gasteiger partial charge in [-0.15, -0.1) is 0 Å². The Hall–Kier alpha value is -2.38. The molecule has 1 aromatic carbocycles. The molecule has 0 bridgehead atoms. The zero-order chi connectivity index (χ0) is 15.6. The largest absolute Gasteiger partial charge is 0.478 e. The average Bonchev–Trinajstić information content (AvgIpc) is 2.40. The van der Waals surface area contributed by atoms with E-state index in [1.807, 2.05) is 0 Å². The molecule has 0 saturated heterocycles. The molecule has 108 valence electrons. The Kier molecular flexibility index (Phi) is 4.25. The zero-order valence-electron chi connectivity index (χ0n) is 10.1. The van der Waals surface area contributed by atoms with Crippen LogP contribution in [0.5, 0.6) is 11.6 Å². The first-order valence-corrected chi connectivity index (χ1v) is 6.14. The smallest absolute Gasteiger partial charge is 0.337 e. The molecule has 0 radical (unpaired) electrons. The molecule has 0 spiro atoms. The van der Waals surface area contributed by atoms with Crippen molar-refractivity contribution in [3.8, 4) is 11.6 Å². The lowest BCUT2D eigenvalue weighted by atomic mass is 10.2.